The number of methoxy groups -OCH3 is 1. The number of hydrogen-bond acceptors (Lipinski definition) is 9. The minimum Gasteiger partial charge on any atom is -0.497 e. The number of rotatable bonds is 11. The maximum absolute atomic E-state index is 6.99. The van der Waals surface area contributed by atoms with Gasteiger partial charge in [-0.3, -0.25) is 4.90 Å². The largest absolute Gasteiger partial charge is 0.497 e. The van der Waals surface area contributed by atoms with Crippen LogP contribution in [0.3, 0.4) is 0 Å². The molecule has 0 spiro atoms. The first-order valence-electron chi connectivity index (χ1n) is 17.8. The Morgan fingerprint density at radius 1 is 0.833 bits per heavy atom. The molecule has 0 N–H and O–H groups in total. The number of thiophene rings is 1. The molecule has 7 rings (SSSR count). The summed E-state index contributed by atoms with van der Waals surface area (Å²) in [5.74, 6) is 3.91. The summed E-state index contributed by atoms with van der Waals surface area (Å²) in [4.78, 5) is 16.9. The van der Waals surface area contributed by atoms with Crippen molar-refractivity contribution in [2.24, 2.45) is 11.8 Å². The molecule has 2 aromatic carbocycles. The molecule has 0 bridgehead atoms. The van der Waals surface area contributed by atoms with Crippen molar-refractivity contribution in [3.8, 4) is 5.75 Å². The van der Waals surface area contributed by atoms with E-state index in [0.29, 0.717) is 17.9 Å². The number of aromatic nitrogens is 1. The average Bonchev–Trinajstić information content (AvgIpc) is 3.81. The lowest BCUT2D eigenvalue weighted by molar-refractivity contribution is 0.0642. The Labute approximate surface area is 290 Å². The van der Waals surface area contributed by atoms with Crippen molar-refractivity contribution >= 4 is 22.9 Å². The minimum atomic E-state index is 0.160. The van der Waals surface area contributed by atoms with Crippen LogP contribution in [0.4, 0.5) is 11.6 Å². The second-order valence-corrected chi connectivity index (χ2v) is 14.8. The molecule has 4 aromatic rings. The van der Waals surface area contributed by atoms with Crippen LogP contribution in [-0.2, 0) is 11.2 Å². The van der Waals surface area contributed by atoms with Crippen molar-refractivity contribution in [2.45, 2.75) is 44.2 Å². The lowest BCUT2D eigenvalue weighted by atomic mass is 9.74. The highest BCUT2D eigenvalue weighted by atomic mass is 32.1. The van der Waals surface area contributed by atoms with Crippen LogP contribution in [0.2, 0.25) is 0 Å². The molecule has 3 fully saturated rings. The highest BCUT2D eigenvalue weighted by Crippen LogP contribution is 2.46. The molecule has 3 aliphatic rings. The van der Waals surface area contributed by atoms with Crippen LogP contribution in [0.25, 0.3) is 0 Å². The number of nitrogens with zero attached hydrogens (tertiary/aromatic N) is 5. The second kappa shape index (κ2) is 15.5. The van der Waals surface area contributed by atoms with Gasteiger partial charge in [-0.15, -0.1) is 11.3 Å². The van der Waals surface area contributed by atoms with Crippen LogP contribution < -0.4 is 14.5 Å². The first-order chi connectivity index (χ1) is 23.6. The maximum atomic E-state index is 6.99. The highest BCUT2D eigenvalue weighted by Gasteiger charge is 2.40. The molecule has 4 heterocycles. The smallest absolute Gasteiger partial charge is 0.220 e. The molecule has 2 unspecified atom stereocenters. The summed E-state index contributed by atoms with van der Waals surface area (Å²) in [6.45, 7) is 7.03. The van der Waals surface area contributed by atoms with Gasteiger partial charge in [0.1, 0.15) is 11.4 Å². The van der Waals surface area contributed by atoms with Gasteiger partial charge >= 0.3 is 0 Å². The molecule has 9 heteroatoms. The van der Waals surface area contributed by atoms with Crippen molar-refractivity contribution in [1.29, 1.82) is 0 Å². The van der Waals surface area contributed by atoms with E-state index in [9.17, 15) is 0 Å². The van der Waals surface area contributed by atoms with Crippen molar-refractivity contribution in [2.75, 3.05) is 83.5 Å². The fourth-order valence-corrected chi connectivity index (χ4v) is 9.27. The van der Waals surface area contributed by atoms with Gasteiger partial charge in [0.15, 0.2) is 0 Å². The van der Waals surface area contributed by atoms with Crippen LogP contribution in [0.1, 0.15) is 59.8 Å². The zero-order valence-corrected chi connectivity index (χ0v) is 29.6. The van der Waals surface area contributed by atoms with Crippen molar-refractivity contribution in [1.82, 2.24) is 14.8 Å². The summed E-state index contributed by atoms with van der Waals surface area (Å²) in [6.07, 6.45) is 5.59. The van der Waals surface area contributed by atoms with E-state index in [2.05, 4.69) is 106 Å². The van der Waals surface area contributed by atoms with Gasteiger partial charge in [-0.05, 0) is 92.9 Å². The summed E-state index contributed by atoms with van der Waals surface area (Å²) in [5, 5.41) is 2.22. The molecule has 1 aliphatic carbocycles. The third-order valence-corrected chi connectivity index (χ3v) is 11.6. The van der Waals surface area contributed by atoms with Gasteiger partial charge in [0.05, 0.1) is 26.4 Å². The number of piperazine rings is 1. The van der Waals surface area contributed by atoms with Crippen molar-refractivity contribution < 1.29 is 13.9 Å². The van der Waals surface area contributed by atoms with Crippen molar-refractivity contribution in [3.05, 3.63) is 94.1 Å². The van der Waals surface area contributed by atoms with E-state index in [1.54, 1.807) is 7.11 Å². The first kappa shape index (κ1) is 33.1. The van der Waals surface area contributed by atoms with E-state index in [-0.39, 0.29) is 6.04 Å². The Hall–Kier alpha value is -3.37. The van der Waals surface area contributed by atoms with E-state index in [0.717, 1.165) is 82.1 Å². The summed E-state index contributed by atoms with van der Waals surface area (Å²) in [5.41, 5.74) is 3.58. The molecule has 2 saturated heterocycles. The van der Waals surface area contributed by atoms with E-state index in [1.165, 1.54) is 41.8 Å². The molecule has 2 aromatic heterocycles. The van der Waals surface area contributed by atoms with E-state index in [4.69, 9.17) is 18.9 Å². The molecular formula is C39H51N5O3S. The summed E-state index contributed by atoms with van der Waals surface area (Å²) < 4.78 is 18.1. The van der Waals surface area contributed by atoms with Crippen LogP contribution in [-0.4, -0.2) is 88.5 Å². The lowest BCUT2D eigenvalue weighted by Gasteiger charge is -2.44. The Bertz CT molecular complexity index is 1540. The number of anilines is 2. The number of benzene rings is 2. The van der Waals surface area contributed by atoms with Gasteiger partial charge in [-0.25, -0.2) is 4.98 Å². The zero-order valence-electron chi connectivity index (χ0n) is 28.8. The topological polar surface area (TPSA) is 57.5 Å². The van der Waals surface area contributed by atoms with E-state index < -0.39 is 0 Å². The van der Waals surface area contributed by atoms with Gasteiger partial charge in [0.25, 0.3) is 0 Å². The monoisotopic (exact) mass is 669 g/mol. The van der Waals surface area contributed by atoms with Crippen molar-refractivity contribution in [3.63, 3.8) is 0 Å². The number of hydrogen-bond donors (Lipinski definition) is 0. The quantitative estimate of drug-likeness (QED) is 0.167. The zero-order chi connectivity index (χ0) is 32.9. The first-order valence-corrected chi connectivity index (χ1v) is 18.6. The molecular weight excluding hydrogens is 619 g/mol. The van der Waals surface area contributed by atoms with Gasteiger partial charge in [-0.1, -0.05) is 36.4 Å². The highest BCUT2D eigenvalue weighted by molar-refractivity contribution is 7.10. The average molecular weight is 670 g/mol. The Balaban J connectivity index is 1.16. The van der Waals surface area contributed by atoms with Gasteiger partial charge in [0, 0.05) is 62.3 Å². The molecule has 1 saturated carbocycles. The SMILES string of the molecule is COc1ccc(N2CCN(C(c3nc(Cc4ccccc4)c(N4CCOCC4)o3)C3CCC(C(c4cccs4)N(C)C)CC3)CC2)cc1. The predicted octanol–water partition coefficient (Wildman–Crippen LogP) is 7.14. The summed E-state index contributed by atoms with van der Waals surface area (Å²) >= 11 is 1.90. The third kappa shape index (κ3) is 7.44. The number of oxazole rings is 1. The molecule has 2 atom stereocenters. The fourth-order valence-electron chi connectivity index (χ4n) is 8.26. The molecule has 2 aliphatic heterocycles. The molecule has 48 heavy (non-hydrogen) atoms. The predicted molar refractivity (Wildman–Crippen MR) is 194 cm³/mol. The van der Waals surface area contributed by atoms with Crippen LogP contribution in [0, 0.1) is 11.8 Å². The van der Waals surface area contributed by atoms with Gasteiger partial charge in [0.2, 0.25) is 11.8 Å². The summed E-state index contributed by atoms with van der Waals surface area (Å²) in [6, 6.07) is 24.4. The molecule has 8 nitrogen and oxygen atoms in total. The standard InChI is InChI=1S/C39H51N5O3S/c1-41(2)36(35-10-7-27-48-35)30-11-13-31(14-12-30)37(43-21-19-42(20-22-43)32-15-17-33(45-3)18-16-32)38-40-34(28-29-8-5-4-6-9-29)39(47-38)44-23-25-46-26-24-44/h4-10,15-18,27,30-31,36-37H,11-14,19-26,28H2,1-3H3. The minimum absolute atomic E-state index is 0.160. The third-order valence-electron chi connectivity index (χ3n) is 10.7. The Kier molecular flexibility index (Phi) is 10.7. The summed E-state index contributed by atoms with van der Waals surface area (Å²) in [7, 11) is 6.22. The Morgan fingerprint density at radius 2 is 1.54 bits per heavy atom. The van der Waals surface area contributed by atoms with E-state index >= 15 is 0 Å². The fraction of sp³-hybridized carbons (Fsp3) is 0.513. The maximum Gasteiger partial charge on any atom is 0.220 e. The molecule has 0 amide bonds. The second-order valence-electron chi connectivity index (χ2n) is 13.8. The molecule has 0 radical (unpaired) electrons. The Morgan fingerprint density at radius 3 is 2.19 bits per heavy atom. The number of ether oxygens (including phenoxy) is 2. The van der Waals surface area contributed by atoms with Gasteiger partial charge < -0.3 is 28.6 Å². The number of morpholine rings is 1. The molecule has 256 valence electrons. The normalized spacial score (nSPS) is 22.2. The van der Waals surface area contributed by atoms with E-state index in [1.807, 2.05) is 11.3 Å². The van der Waals surface area contributed by atoms with Crippen LogP contribution >= 0.6 is 11.3 Å². The van der Waals surface area contributed by atoms with Gasteiger partial charge in [-0.2, -0.15) is 0 Å². The lowest BCUT2D eigenvalue weighted by Crippen LogP contribution is -2.49. The van der Waals surface area contributed by atoms with Crippen LogP contribution in [0.15, 0.2) is 76.5 Å². The van der Waals surface area contributed by atoms with Crippen LogP contribution in [0.5, 0.6) is 5.75 Å².